The van der Waals surface area contributed by atoms with Gasteiger partial charge >= 0.3 is 6.61 Å². The molecular weight excluding hydrogens is 264 g/mol. The summed E-state index contributed by atoms with van der Waals surface area (Å²) in [6.45, 7) is -0.207. The van der Waals surface area contributed by atoms with E-state index < -0.39 is 6.61 Å². The van der Waals surface area contributed by atoms with Crippen molar-refractivity contribution in [3.63, 3.8) is 0 Å². The van der Waals surface area contributed by atoms with Gasteiger partial charge in [-0.2, -0.15) is 8.78 Å². The molecule has 0 aliphatic carbocycles. The van der Waals surface area contributed by atoms with Gasteiger partial charge in [0, 0.05) is 31.2 Å². The molecule has 0 radical (unpaired) electrons. The number of aromatic nitrogens is 2. The van der Waals surface area contributed by atoms with Gasteiger partial charge in [0.05, 0.1) is 5.69 Å². The molecule has 0 saturated carbocycles. The van der Waals surface area contributed by atoms with Gasteiger partial charge in [0.1, 0.15) is 5.75 Å². The van der Waals surface area contributed by atoms with Gasteiger partial charge < -0.3 is 10.1 Å². The smallest absolute Gasteiger partial charge is 0.387 e. The lowest BCUT2D eigenvalue weighted by molar-refractivity contribution is -0.0498. The highest BCUT2D eigenvalue weighted by atomic mass is 19.3. The Morgan fingerprint density at radius 2 is 1.95 bits per heavy atom. The van der Waals surface area contributed by atoms with Gasteiger partial charge in [-0.1, -0.05) is 12.1 Å². The van der Waals surface area contributed by atoms with Crippen molar-refractivity contribution in [2.24, 2.45) is 0 Å². The number of nitrogens with one attached hydrogen (secondary N) is 1. The third kappa shape index (κ3) is 4.24. The molecule has 0 aliphatic rings. The van der Waals surface area contributed by atoms with E-state index in [-0.39, 0.29) is 11.8 Å². The number of ether oxygens (including phenoxy) is 1. The van der Waals surface area contributed by atoms with E-state index in [1.807, 2.05) is 6.92 Å². The van der Waals surface area contributed by atoms with Crippen LogP contribution in [0.15, 0.2) is 42.9 Å². The number of rotatable bonds is 6. The predicted octanol–water partition coefficient (Wildman–Crippen LogP) is 2.93. The Kier molecular flexibility index (Phi) is 4.95. The lowest BCUT2D eigenvalue weighted by Crippen LogP contribution is -2.19. The molecule has 1 unspecified atom stereocenters. The molecule has 1 aromatic carbocycles. The monoisotopic (exact) mass is 279 g/mol. The minimum Gasteiger partial charge on any atom is -0.435 e. The predicted molar refractivity (Wildman–Crippen MR) is 70.4 cm³/mol. The summed E-state index contributed by atoms with van der Waals surface area (Å²) in [5, 5.41) is 3.28. The summed E-state index contributed by atoms with van der Waals surface area (Å²) < 4.78 is 28.3. The van der Waals surface area contributed by atoms with Gasteiger partial charge in [-0.25, -0.2) is 0 Å². The van der Waals surface area contributed by atoms with E-state index in [0.29, 0.717) is 6.54 Å². The van der Waals surface area contributed by atoms with Crippen LogP contribution in [0, 0.1) is 0 Å². The normalized spacial score (nSPS) is 12.4. The van der Waals surface area contributed by atoms with Gasteiger partial charge in [0.15, 0.2) is 0 Å². The SMILES string of the molecule is CC(NCc1ccc(OC(F)F)cc1)c1cnccn1. The number of hydrogen-bond acceptors (Lipinski definition) is 4. The number of nitrogens with zero attached hydrogens (tertiary/aromatic N) is 2. The largest absolute Gasteiger partial charge is 0.435 e. The first-order valence-electron chi connectivity index (χ1n) is 6.18. The Bertz CT molecular complexity index is 520. The van der Waals surface area contributed by atoms with Crippen LogP contribution >= 0.6 is 0 Å². The molecule has 1 atom stereocenters. The van der Waals surface area contributed by atoms with E-state index in [0.717, 1.165) is 11.3 Å². The quantitative estimate of drug-likeness (QED) is 0.883. The fourth-order valence-electron chi connectivity index (χ4n) is 1.70. The average Bonchev–Trinajstić information content (AvgIpc) is 2.46. The van der Waals surface area contributed by atoms with Crippen LogP contribution in [0.2, 0.25) is 0 Å². The van der Waals surface area contributed by atoms with E-state index in [1.54, 1.807) is 30.7 Å². The summed E-state index contributed by atoms with van der Waals surface area (Å²) in [6.07, 6.45) is 4.97. The van der Waals surface area contributed by atoms with Gasteiger partial charge in [-0.15, -0.1) is 0 Å². The summed E-state index contributed by atoms with van der Waals surface area (Å²) in [7, 11) is 0. The maximum atomic E-state index is 12.0. The molecule has 0 fully saturated rings. The van der Waals surface area contributed by atoms with Crippen LogP contribution in [-0.2, 0) is 6.54 Å². The van der Waals surface area contributed by atoms with E-state index in [4.69, 9.17) is 0 Å². The molecular formula is C14H15F2N3O. The molecule has 4 nitrogen and oxygen atoms in total. The summed E-state index contributed by atoms with van der Waals surface area (Å²) in [6, 6.07) is 6.59. The third-order valence-corrected chi connectivity index (χ3v) is 2.79. The summed E-state index contributed by atoms with van der Waals surface area (Å²) in [4.78, 5) is 8.22. The summed E-state index contributed by atoms with van der Waals surface area (Å²) in [5.41, 5.74) is 1.83. The average molecular weight is 279 g/mol. The van der Waals surface area contributed by atoms with Crippen molar-refractivity contribution >= 4 is 0 Å². The first kappa shape index (κ1) is 14.3. The van der Waals surface area contributed by atoms with Crippen molar-refractivity contribution in [1.82, 2.24) is 15.3 Å². The zero-order chi connectivity index (χ0) is 14.4. The molecule has 1 N–H and O–H groups in total. The molecule has 6 heteroatoms. The maximum absolute atomic E-state index is 12.0. The minimum atomic E-state index is -2.80. The Balaban J connectivity index is 1.88. The highest BCUT2D eigenvalue weighted by Crippen LogP contribution is 2.15. The number of alkyl halides is 2. The summed E-state index contributed by atoms with van der Waals surface area (Å²) >= 11 is 0. The van der Waals surface area contributed by atoms with E-state index >= 15 is 0 Å². The molecule has 0 amide bonds. The number of hydrogen-bond donors (Lipinski definition) is 1. The van der Waals surface area contributed by atoms with Crippen LogP contribution in [0.5, 0.6) is 5.75 Å². The van der Waals surface area contributed by atoms with Gasteiger partial charge in [0.2, 0.25) is 0 Å². The lowest BCUT2D eigenvalue weighted by Gasteiger charge is -2.13. The highest BCUT2D eigenvalue weighted by Gasteiger charge is 2.07. The molecule has 20 heavy (non-hydrogen) atoms. The molecule has 0 aliphatic heterocycles. The van der Waals surface area contributed by atoms with Crippen LogP contribution in [-0.4, -0.2) is 16.6 Å². The molecule has 0 bridgehead atoms. The fraction of sp³-hybridized carbons (Fsp3) is 0.286. The Hall–Kier alpha value is -2.08. The van der Waals surface area contributed by atoms with Gasteiger partial charge in [0.25, 0.3) is 0 Å². The third-order valence-electron chi connectivity index (χ3n) is 2.79. The second-order valence-electron chi connectivity index (χ2n) is 4.26. The number of halogens is 2. The Morgan fingerprint density at radius 1 is 1.20 bits per heavy atom. The first-order chi connectivity index (χ1) is 9.65. The van der Waals surface area contributed by atoms with Gasteiger partial charge in [-0.05, 0) is 24.6 Å². The van der Waals surface area contributed by atoms with Crippen LogP contribution in [0.4, 0.5) is 8.78 Å². The van der Waals surface area contributed by atoms with Crippen LogP contribution in [0.3, 0.4) is 0 Å². The standard InChI is InChI=1S/C14H15F2N3O/c1-10(13-9-17-6-7-18-13)19-8-11-2-4-12(5-3-11)20-14(15)16/h2-7,9-10,14,19H,8H2,1H3. The Labute approximate surface area is 115 Å². The second-order valence-corrected chi connectivity index (χ2v) is 4.26. The molecule has 0 saturated heterocycles. The van der Waals surface area contributed by atoms with E-state index in [2.05, 4.69) is 20.0 Å². The fourth-order valence-corrected chi connectivity index (χ4v) is 1.70. The zero-order valence-electron chi connectivity index (χ0n) is 11.0. The maximum Gasteiger partial charge on any atom is 0.387 e. The molecule has 2 aromatic rings. The molecule has 1 aromatic heterocycles. The van der Waals surface area contributed by atoms with Crippen molar-refractivity contribution in [1.29, 1.82) is 0 Å². The molecule has 106 valence electrons. The van der Waals surface area contributed by atoms with Gasteiger partial charge in [-0.3, -0.25) is 9.97 Å². The van der Waals surface area contributed by atoms with Crippen molar-refractivity contribution < 1.29 is 13.5 Å². The van der Waals surface area contributed by atoms with Crippen molar-refractivity contribution in [3.05, 3.63) is 54.1 Å². The van der Waals surface area contributed by atoms with Crippen molar-refractivity contribution in [2.75, 3.05) is 0 Å². The Morgan fingerprint density at radius 3 is 2.55 bits per heavy atom. The van der Waals surface area contributed by atoms with Crippen LogP contribution < -0.4 is 10.1 Å². The van der Waals surface area contributed by atoms with E-state index in [1.165, 1.54) is 12.1 Å². The number of benzene rings is 1. The molecule has 1 heterocycles. The van der Waals surface area contributed by atoms with Crippen molar-refractivity contribution in [2.45, 2.75) is 26.1 Å². The lowest BCUT2D eigenvalue weighted by atomic mass is 10.2. The summed E-state index contributed by atoms with van der Waals surface area (Å²) in [5.74, 6) is 0.158. The topological polar surface area (TPSA) is 47.0 Å². The van der Waals surface area contributed by atoms with Crippen molar-refractivity contribution in [3.8, 4) is 5.75 Å². The molecule has 2 rings (SSSR count). The highest BCUT2D eigenvalue weighted by molar-refractivity contribution is 5.27. The van der Waals surface area contributed by atoms with Crippen LogP contribution in [0.1, 0.15) is 24.2 Å². The van der Waals surface area contributed by atoms with E-state index in [9.17, 15) is 8.78 Å². The van der Waals surface area contributed by atoms with Crippen LogP contribution in [0.25, 0.3) is 0 Å². The zero-order valence-corrected chi connectivity index (χ0v) is 11.0. The molecule has 0 spiro atoms. The minimum absolute atomic E-state index is 0.0562. The first-order valence-corrected chi connectivity index (χ1v) is 6.18. The second kappa shape index (κ2) is 6.91.